The van der Waals surface area contributed by atoms with Crippen LogP contribution >= 0.6 is 0 Å². The largest absolute Gasteiger partial charge is 0.454 e. The predicted octanol–water partition coefficient (Wildman–Crippen LogP) is -1.43. The number of carbonyl (C=O) groups excluding carboxylic acids is 2. The average Bonchev–Trinajstić information content (AvgIpc) is 2.53. The third-order valence-corrected chi connectivity index (χ3v) is 4.77. The number of piperidine rings is 1. The number of esters is 1. The van der Waals surface area contributed by atoms with Gasteiger partial charge in [0.25, 0.3) is 5.91 Å². The zero-order valence-corrected chi connectivity index (χ0v) is 14.4. The molecule has 1 atom stereocenters. The lowest BCUT2D eigenvalue weighted by atomic mass is 10.0. The Labute approximate surface area is 138 Å². The third-order valence-electron chi connectivity index (χ3n) is 4.77. The van der Waals surface area contributed by atoms with Crippen LogP contribution in [0.2, 0.25) is 0 Å². The zero-order chi connectivity index (χ0) is 17.0. The molecule has 1 unspecified atom stereocenters. The van der Waals surface area contributed by atoms with Crippen molar-refractivity contribution in [2.45, 2.75) is 24.9 Å². The monoisotopic (exact) mass is 327 g/mol. The molecule has 0 aromatic heterocycles. The van der Waals surface area contributed by atoms with Crippen molar-refractivity contribution in [3.63, 3.8) is 0 Å². The number of likely N-dealkylation sites (tertiary alicyclic amines) is 1. The zero-order valence-electron chi connectivity index (χ0n) is 14.4. The molecule has 132 valence electrons. The Balaban J connectivity index is 1.87. The first kappa shape index (κ1) is 18.1. The van der Waals surface area contributed by atoms with Gasteiger partial charge in [0.05, 0.1) is 0 Å². The highest BCUT2D eigenvalue weighted by molar-refractivity contribution is 5.82. The van der Waals surface area contributed by atoms with Gasteiger partial charge in [-0.1, -0.05) is 0 Å². The molecule has 2 aliphatic heterocycles. The molecule has 2 N–H and O–H groups in total. The van der Waals surface area contributed by atoms with Gasteiger partial charge in [-0.25, -0.2) is 5.01 Å². The Kier molecular flexibility index (Phi) is 6.34. The summed E-state index contributed by atoms with van der Waals surface area (Å²) in [4.78, 5) is 29.9. The normalized spacial score (nSPS) is 25.3. The van der Waals surface area contributed by atoms with E-state index >= 15 is 0 Å². The lowest BCUT2D eigenvalue weighted by molar-refractivity contribution is -0.158. The van der Waals surface area contributed by atoms with Crippen molar-refractivity contribution in [2.75, 3.05) is 60.5 Å². The molecular formula is C15H29N5O3. The third kappa shape index (κ3) is 4.87. The van der Waals surface area contributed by atoms with E-state index < -0.39 is 12.0 Å². The maximum Gasteiger partial charge on any atom is 0.326 e. The molecule has 23 heavy (non-hydrogen) atoms. The number of amides is 1. The quantitative estimate of drug-likeness (QED) is 0.501. The molecule has 0 bridgehead atoms. The highest BCUT2D eigenvalue weighted by Crippen LogP contribution is 2.19. The van der Waals surface area contributed by atoms with Crippen LogP contribution in [-0.2, 0) is 14.3 Å². The molecule has 0 radical (unpaired) electrons. The second-order valence-electron chi connectivity index (χ2n) is 6.68. The first-order valence-electron chi connectivity index (χ1n) is 8.19. The van der Waals surface area contributed by atoms with E-state index in [1.54, 1.807) is 14.1 Å². The molecule has 0 aromatic carbocycles. The van der Waals surface area contributed by atoms with Crippen molar-refractivity contribution in [3.8, 4) is 0 Å². The lowest BCUT2D eigenvalue weighted by Crippen LogP contribution is -2.62. The Bertz CT molecular complexity index is 423. The van der Waals surface area contributed by atoms with Crippen molar-refractivity contribution in [1.82, 2.24) is 19.7 Å². The van der Waals surface area contributed by atoms with Crippen molar-refractivity contribution < 1.29 is 14.3 Å². The maximum absolute atomic E-state index is 12.3. The van der Waals surface area contributed by atoms with Gasteiger partial charge in [-0.2, -0.15) is 0 Å². The first-order chi connectivity index (χ1) is 10.9. The van der Waals surface area contributed by atoms with E-state index in [0.717, 1.165) is 32.5 Å². The molecule has 1 amide bonds. The molecule has 8 heteroatoms. The minimum atomic E-state index is -0.502. The average molecular weight is 327 g/mol. The van der Waals surface area contributed by atoms with E-state index in [1.165, 1.54) is 9.91 Å². The van der Waals surface area contributed by atoms with Gasteiger partial charge in [0, 0.05) is 39.8 Å². The van der Waals surface area contributed by atoms with Crippen LogP contribution in [0.25, 0.3) is 0 Å². The summed E-state index contributed by atoms with van der Waals surface area (Å²) in [5.41, 5.74) is 0. The Morgan fingerprint density at radius 3 is 2.43 bits per heavy atom. The van der Waals surface area contributed by atoms with Gasteiger partial charge in [-0.15, -0.1) is 0 Å². The van der Waals surface area contributed by atoms with Crippen LogP contribution in [0.15, 0.2) is 0 Å². The predicted molar refractivity (Wildman–Crippen MR) is 86.4 cm³/mol. The number of rotatable bonds is 4. The molecule has 0 aromatic rings. The fourth-order valence-electron chi connectivity index (χ4n) is 3.08. The number of likely N-dealkylation sites (N-methyl/N-ethyl adjacent to an activating group) is 1. The number of nitrogens with zero attached hydrogens (tertiary/aromatic N) is 4. The maximum atomic E-state index is 12.3. The summed E-state index contributed by atoms with van der Waals surface area (Å²) < 4.78 is 5.14. The highest BCUT2D eigenvalue weighted by Gasteiger charge is 2.35. The number of nitrogens with two attached hydrogens (primary N) is 1. The van der Waals surface area contributed by atoms with Gasteiger partial charge in [-0.3, -0.25) is 20.3 Å². The van der Waals surface area contributed by atoms with Gasteiger partial charge in [0.1, 0.15) is 6.04 Å². The topological polar surface area (TPSA) is 82.4 Å². The minimum absolute atomic E-state index is 0.232. The van der Waals surface area contributed by atoms with Gasteiger partial charge >= 0.3 is 5.97 Å². The fraction of sp³-hybridized carbons (Fsp3) is 0.867. The molecule has 8 nitrogen and oxygen atoms in total. The second kappa shape index (κ2) is 8.05. The molecule has 2 heterocycles. The Morgan fingerprint density at radius 2 is 1.83 bits per heavy atom. The first-order valence-corrected chi connectivity index (χ1v) is 8.19. The Hall–Kier alpha value is -1.22. The van der Waals surface area contributed by atoms with Gasteiger partial charge in [-0.05, 0) is 33.0 Å². The van der Waals surface area contributed by atoms with E-state index in [2.05, 4.69) is 16.8 Å². The van der Waals surface area contributed by atoms with Crippen LogP contribution in [0.5, 0.6) is 0 Å². The van der Waals surface area contributed by atoms with Crippen LogP contribution in [0.1, 0.15) is 12.8 Å². The lowest BCUT2D eigenvalue weighted by Gasteiger charge is -2.43. The van der Waals surface area contributed by atoms with E-state index in [9.17, 15) is 9.59 Å². The highest BCUT2D eigenvalue weighted by atomic mass is 16.5. The van der Waals surface area contributed by atoms with Crippen LogP contribution < -0.4 is 5.84 Å². The number of hydrogen-bond acceptors (Lipinski definition) is 7. The van der Waals surface area contributed by atoms with Crippen molar-refractivity contribution >= 4 is 11.9 Å². The van der Waals surface area contributed by atoms with E-state index in [0.29, 0.717) is 19.1 Å². The van der Waals surface area contributed by atoms with Crippen molar-refractivity contribution in [1.29, 1.82) is 0 Å². The van der Waals surface area contributed by atoms with Gasteiger partial charge in [0.2, 0.25) is 0 Å². The number of hydrogen-bond donors (Lipinski definition) is 1. The van der Waals surface area contributed by atoms with E-state index in [1.807, 2.05) is 0 Å². The number of piperazine rings is 1. The Morgan fingerprint density at radius 1 is 1.17 bits per heavy atom. The molecule has 0 aliphatic carbocycles. The standard InChI is InChI=1S/C15H29N5O3/c1-17(2)14(21)11-23-15(22)13-10-19(8-9-20(13)16)12-4-6-18(3)7-5-12/h12-13H,4-11,16H2,1-3H3. The van der Waals surface area contributed by atoms with Crippen LogP contribution in [0, 0.1) is 0 Å². The molecular weight excluding hydrogens is 298 g/mol. The second-order valence-corrected chi connectivity index (χ2v) is 6.68. The fourth-order valence-corrected chi connectivity index (χ4v) is 3.08. The SMILES string of the molecule is CN1CCC(N2CCN(N)C(C(=O)OCC(=O)N(C)C)C2)CC1. The van der Waals surface area contributed by atoms with Crippen LogP contribution in [0.3, 0.4) is 0 Å². The van der Waals surface area contributed by atoms with E-state index in [-0.39, 0.29) is 12.5 Å². The van der Waals surface area contributed by atoms with Gasteiger partial charge < -0.3 is 14.5 Å². The smallest absolute Gasteiger partial charge is 0.326 e. The molecule has 0 saturated carbocycles. The minimum Gasteiger partial charge on any atom is -0.454 e. The summed E-state index contributed by atoms with van der Waals surface area (Å²) in [6.45, 7) is 4.00. The van der Waals surface area contributed by atoms with Crippen LogP contribution in [-0.4, -0.2) is 104 Å². The number of carbonyl (C=O) groups is 2. The molecule has 2 saturated heterocycles. The van der Waals surface area contributed by atoms with Gasteiger partial charge in [0.15, 0.2) is 6.61 Å². The summed E-state index contributed by atoms with van der Waals surface area (Å²) in [6, 6.07) is -0.00280. The summed E-state index contributed by atoms with van der Waals surface area (Å²) >= 11 is 0. The molecule has 2 rings (SSSR count). The molecule has 2 fully saturated rings. The van der Waals surface area contributed by atoms with Crippen molar-refractivity contribution in [2.24, 2.45) is 5.84 Å². The van der Waals surface area contributed by atoms with Crippen molar-refractivity contribution in [3.05, 3.63) is 0 Å². The van der Waals surface area contributed by atoms with E-state index in [4.69, 9.17) is 10.6 Å². The summed E-state index contributed by atoms with van der Waals surface area (Å²) in [5, 5.41) is 1.54. The number of ether oxygens (including phenoxy) is 1. The summed E-state index contributed by atoms with van der Waals surface area (Å²) in [6.07, 6.45) is 2.23. The molecule has 0 spiro atoms. The summed E-state index contributed by atoms with van der Waals surface area (Å²) in [7, 11) is 5.40. The number of hydrazine groups is 1. The van der Waals surface area contributed by atoms with Crippen LogP contribution in [0.4, 0.5) is 0 Å². The molecule has 2 aliphatic rings. The summed E-state index contributed by atoms with van der Waals surface area (Å²) in [5.74, 6) is 5.31.